The Labute approximate surface area is 178 Å². The van der Waals surface area contributed by atoms with Crippen LogP contribution in [0.5, 0.6) is 11.5 Å². The SMILES string of the molecule is COc1cc(-n2cc3[nH]n(-c4ccc(Cl)cc4)cc-3c2=O)ccc1OCC(C)(C)O. The van der Waals surface area contributed by atoms with Gasteiger partial charge in [0.25, 0.3) is 5.56 Å². The average Bonchev–Trinajstić information content (AvgIpc) is 3.26. The van der Waals surface area contributed by atoms with Crippen LogP contribution in [0, 0.1) is 0 Å². The van der Waals surface area contributed by atoms with Gasteiger partial charge in [-0.1, -0.05) is 11.6 Å². The maximum Gasteiger partial charge on any atom is 0.266 e. The quantitative estimate of drug-likeness (QED) is 0.489. The number of aliphatic hydroxyl groups is 1. The van der Waals surface area contributed by atoms with Crippen LogP contribution in [-0.2, 0) is 0 Å². The molecule has 0 aromatic heterocycles. The van der Waals surface area contributed by atoms with Crippen molar-refractivity contribution in [2.75, 3.05) is 13.7 Å². The molecule has 2 aliphatic heterocycles. The van der Waals surface area contributed by atoms with Gasteiger partial charge in [0.2, 0.25) is 0 Å². The largest absolute Gasteiger partial charge is 0.493 e. The number of halogens is 1. The van der Waals surface area contributed by atoms with Crippen molar-refractivity contribution in [2.24, 2.45) is 0 Å². The number of fused-ring (bicyclic) bond motifs is 1. The van der Waals surface area contributed by atoms with Crippen molar-refractivity contribution in [1.29, 1.82) is 0 Å². The summed E-state index contributed by atoms with van der Waals surface area (Å²) >= 11 is 5.94. The van der Waals surface area contributed by atoms with Gasteiger partial charge in [0, 0.05) is 23.5 Å². The van der Waals surface area contributed by atoms with E-state index in [4.69, 9.17) is 21.1 Å². The number of H-pyrrole nitrogens is 1. The van der Waals surface area contributed by atoms with Gasteiger partial charge in [0.15, 0.2) is 11.5 Å². The Morgan fingerprint density at radius 2 is 1.77 bits per heavy atom. The number of ether oxygens (including phenoxy) is 2. The minimum absolute atomic E-state index is 0.118. The maximum absolute atomic E-state index is 13.0. The molecule has 30 heavy (non-hydrogen) atoms. The predicted octanol–water partition coefficient (Wildman–Crippen LogP) is 3.87. The van der Waals surface area contributed by atoms with Crippen LogP contribution in [-0.4, -0.2) is 38.8 Å². The fourth-order valence-electron chi connectivity index (χ4n) is 3.12. The minimum atomic E-state index is -0.968. The second-order valence-corrected chi connectivity index (χ2v) is 8.09. The molecule has 2 heterocycles. The molecule has 2 N–H and O–H groups in total. The van der Waals surface area contributed by atoms with Crippen molar-refractivity contribution in [3.8, 4) is 34.1 Å². The highest BCUT2D eigenvalue weighted by molar-refractivity contribution is 6.30. The van der Waals surface area contributed by atoms with Gasteiger partial charge in [-0.05, 0) is 50.2 Å². The van der Waals surface area contributed by atoms with E-state index >= 15 is 0 Å². The zero-order chi connectivity index (χ0) is 21.5. The smallest absolute Gasteiger partial charge is 0.266 e. The minimum Gasteiger partial charge on any atom is -0.493 e. The van der Waals surface area contributed by atoms with Crippen LogP contribution in [0.15, 0.2) is 59.7 Å². The molecule has 0 spiro atoms. The molecule has 2 aromatic carbocycles. The summed E-state index contributed by atoms with van der Waals surface area (Å²) in [5, 5.41) is 13.7. The Balaban J connectivity index is 1.67. The van der Waals surface area contributed by atoms with Crippen molar-refractivity contribution >= 4 is 11.6 Å². The van der Waals surface area contributed by atoms with Gasteiger partial charge in [0.1, 0.15) is 6.61 Å². The molecule has 4 rings (SSSR count). The first-order chi connectivity index (χ1) is 14.2. The maximum atomic E-state index is 13.0. The molecular weight excluding hydrogens is 406 g/mol. The van der Waals surface area contributed by atoms with Gasteiger partial charge < -0.3 is 14.6 Å². The van der Waals surface area contributed by atoms with Gasteiger partial charge in [0.05, 0.1) is 35.3 Å². The number of nitrogens with zero attached hydrogens (tertiary/aromatic N) is 2. The highest BCUT2D eigenvalue weighted by Crippen LogP contribution is 2.31. The van der Waals surface area contributed by atoms with E-state index in [1.807, 2.05) is 12.1 Å². The molecule has 0 atom stereocenters. The van der Waals surface area contributed by atoms with E-state index in [0.29, 0.717) is 33.5 Å². The molecule has 0 radical (unpaired) electrons. The number of nitrogens with one attached hydrogen (secondary N) is 1. The molecule has 2 aromatic rings. The van der Waals surface area contributed by atoms with Crippen molar-refractivity contribution < 1.29 is 14.6 Å². The number of hydrogen-bond donors (Lipinski definition) is 2. The van der Waals surface area contributed by atoms with Gasteiger partial charge in [-0.25, -0.2) is 0 Å². The van der Waals surface area contributed by atoms with Crippen molar-refractivity contribution in [3.63, 3.8) is 0 Å². The summed E-state index contributed by atoms with van der Waals surface area (Å²) in [4.78, 5) is 13.0. The lowest BCUT2D eigenvalue weighted by atomic mass is 10.2. The monoisotopic (exact) mass is 427 g/mol. The van der Waals surface area contributed by atoms with Crippen molar-refractivity contribution in [3.05, 3.63) is 70.2 Å². The molecular formula is C22H22ClN3O4. The Bertz CT molecular complexity index is 1200. The fourth-order valence-corrected chi connectivity index (χ4v) is 3.25. The van der Waals surface area contributed by atoms with Crippen molar-refractivity contribution in [1.82, 2.24) is 14.3 Å². The highest BCUT2D eigenvalue weighted by atomic mass is 35.5. The summed E-state index contributed by atoms with van der Waals surface area (Å²) in [7, 11) is 1.53. The first-order valence-corrected chi connectivity index (χ1v) is 9.75. The third kappa shape index (κ3) is 3.94. The second kappa shape index (κ2) is 7.59. The van der Waals surface area contributed by atoms with Gasteiger partial charge in [-0.2, -0.15) is 0 Å². The second-order valence-electron chi connectivity index (χ2n) is 7.66. The standard InChI is InChI=1S/C22H22ClN3O4/c1-22(2,28)13-30-19-9-8-16(10-20(19)29-3)25-12-18-17(21(25)27)11-26(24-18)15-6-4-14(23)5-7-15/h4-12,24,28H,13H2,1-3H3. The molecule has 0 unspecified atom stereocenters. The highest BCUT2D eigenvalue weighted by Gasteiger charge is 2.19. The Morgan fingerprint density at radius 3 is 2.40 bits per heavy atom. The van der Waals surface area contributed by atoms with E-state index in [0.717, 1.165) is 5.69 Å². The van der Waals surface area contributed by atoms with Crippen LogP contribution in [0.1, 0.15) is 13.8 Å². The van der Waals surface area contributed by atoms with Crippen LogP contribution >= 0.6 is 11.6 Å². The Hall–Kier alpha value is -3.16. The number of aromatic amines is 1. The molecule has 0 amide bonds. The predicted molar refractivity (Wildman–Crippen MR) is 116 cm³/mol. The molecule has 156 valence electrons. The van der Waals surface area contributed by atoms with E-state index in [-0.39, 0.29) is 12.2 Å². The van der Waals surface area contributed by atoms with E-state index in [2.05, 4.69) is 5.10 Å². The first kappa shape index (κ1) is 20.1. The van der Waals surface area contributed by atoms with Gasteiger partial charge in [-0.3, -0.25) is 19.1 Å². The summed E-state index contributed by atoms with van der Waals surface area (Å²) in [5.74, 6) is 0.971. The van der Waals surface area contributed by atoms with E-state index in [9.17, 15) is 9.90 Å². The number of hydrogen-bond acceptors (Lipinski definition) is 4. The van der Waals surface area contributed by atoms with Gasteiger partial charge in [-0.15, -0.1) is 0 Å². The van der Waals surface area contributed by atoms with Gasteiger partial charge >= 0.3 is 0 Å². The van der Waals surface area contributed by atoms with E-state index < -0.39 is 5.60 Å². The zero-order valence-electron chi connectivity index (χ0n) is 16.8. The third-order valence-corrected chi connectivity index (χ3v) is 4.86. The molecule has 8 heteroatoms. The number of methoxy groups -OCH3 is 1. The molecule has 2 aliphatic rings. The van der Waals surface area contributed by atoms with E-state index in [1.165, 1.54) is 7.11 Å². The Morgan fingerprint density at radius 1 is 1.07 bits per heavy atom. The number of benzene rings is 2. The summed E-state index contributed by atoms with van der Waals surface area (Å²) in [6, 6.07) is 12.6. The molecule has 0 saturated carbocycles. The number of aromatic nitrogens is 3. The molecule has 7 nitrogen and oxygen atoms in total. The lowest BCUT2D eigenvalue weighted by molar-refractivity contribution is 0.0276. The topological polar surface area (TPSA) is 81.4 Å². The average molecular weight is 428 g/mol. The third-order valence-electron chi connectivity index (χ3n) is 4.61. The molecule has 0 fully saturated rings. The fraction of sp³-hybridized carbons (Fsp3) is 0.227. The van der Waals surface area contributed by atoms with Crippen LogP contribution < -0.4 is 15.0 Å². The Kier molecular flexibility index (Phi) is 5.09. The van der Waals surface area contributed by atoms with Crippen LogP contribution in [0.2, 0.25) is 5.02 Å². The van der Waals surface area contributed by atoms with Crippen molar-refractivity contribution in [2.45, 2.75) is 19.4 Å². The first-order valence-electron chi connectivity index (χ1n) is 9.37. The summed E-state index contributed by atoms with van der Waals surface area (Å²) in [5.41, 5.74) is 1.67. The number of rotatable bonds is 6. The van der Waals surface area contributed by atoms with Crippen LogP contribution in [0.25, 0.3) is 22.6 Å². The zero-order valence-corrected chi connectivity index (χ0v) is 17.6. The summed E-state index contributed by atoms with van der Waals surface area (Å²) in [6.45, 7) is 3.44. The van der Waals surface area contributed by atoms with Crippen LogP contribution in [0.3, 0.4) is 0 Å². The molecule has 0 saturated heterocycles. The normalized spacial score (nSPS) is 11.8. The van der Waals surface area contributed by atoms with E-state index in [1.54, 1.807) is 65.8 Å². The molecule has 0 bridgehead atoms. The lowest BCUT2D eigenvalue weighted by Gasteiger charge is -2.19. The summed E-state index contributed by atoms with van der Waals surface area (Å²) < 4.78 is 14.4. The molecule has 0 aliphatic carbocycles. The lowest BCUT2D eigenvalue weighted by Crippen LogP contribution is -2.28. The van der Waals surface area contributed by atoms with Crippen LogP contribution in [0.4, 0.5) is 0 Å². The summed E-state index contributed by atoms with van der Waals surface area (Å²) in [6.07, 6.45) is 3.51.